The smallest absolute Gasteiger partial charge is 0.343 e. The number of carbonyl (C=O) groups is 1. The van der Waals surface area contributed by atoms with Gasteiger partial charge < -0.3 is 9.15 Å². The highest BCUT2D eigenvalue weighted by molar-refractivity contribution is 7.10. The molecule has 0 aromatic carbocycles. The van der Waals surface area contributed by atoms with E-state index in [0.717, 1.165) is 4.88 Å². The van der Waals surface area contributed by atoms with E-state index in [1.165, 1.54) is 11.3 Å². The van der Waals surface area contributed by atoms with Gasteiger partial charge in [0.1, 0.15) is 11.5 Å². The van der Waals surface area contributed by atoms with E-state index >= 15 is 0 Å². The molecule has 0 N–H and O–H groups in total. The van der Waals surface area contributed by atoms with E-state index < -0.39 is 5.63 Å². The summed E-state index contributed by atoms with van der Waals surface area (Å²) >= 11 is 1.52. The Balaban J connectivity index is 2.21. The van der Waals surface area contributed by atoms with Crippen LogP contribution in [0.1, 0.15) is 28.5 Å². The van der Waals surface area contributed by atoms with Crippen LogP contribution in [-0.4, -0.2) is 5.97 Å². The van der Waals surface area contributed by atoms with Gasteiger partial charge in [-0.2, -0.15) is 0 Å². The lowest BCUT2D eigenvalue weighted by molar-refractivity contribution is -0.135. The molecule has 1 atom stereocenters. The van der Waals surface area contributed by atoms with E-state index in [9.17, 15) is 9.59 Å². The van der Waals surface area contributed by atoms with Crippen LogP contribution in [-0.2, 0) is 4.79 Å². The third-order valence-electron chi connectivity index (χ3n) is 2.90. The van der Waals surface area contributed by atoms with Crippen molar-refractivity contribution in [3.8, 4) is 5.75 Å². The molecule has 0 spiro atoms. The first-order valence-corrected chi connectivity index (χ1v) is 6.42. The Bertz CT molecular complexity index is 654. The highest BCUT2D eigenvalue weighted by Gasteiger charge is 2.32. The lowest BCUT2D eigenvalue weighted by atomic mass is 9.93. The Morgan fingerprint density at radius 3 is 2.94 bits per heavy atom. The van der Waals surface area contributed by atoms with Crippen molar-refractivity contribution >= 4 is 17.3 Å². The number of ether oxygens (including phenoxy) is 1. The molecule has 0 bridgehead atoms. The molecule has 0 fully saturated rings. The molecule has 0 aliphatic carbocycles. The number of rotatable bonds is 1. The Morgan fingerprint density at radius 1 is 1.39 bits per heavy atom. The molecule has 1 aliphatic rings. The number of aryl methyl sites for hydroxylation is 1. The number of carbonyl (C=O) groups excluding carboxylic acids is 1. The minimum atomic E-state index is -0.420. The number of fused-ring (bicyclic) bond motifs is 1. The first kappa shape index (κ1) is 11.2. The summed E-state index contributed by atoms with van der Waals surface area (Å²) < 4.78 is 10.2. The quantitative estimate of drug-likeness (QED) is 0.741. The zero-order valence-electron chi connectivity index (χ0n) is 9.64. The number of thiophene rings is 1. The second-order valence-electron chi connectivity index (χ2n) is 4.17. The van der Waals surface area contributed by atoms with Gasteiger partial charge in [-0.3, -0.25) is 4.79 Å². The van der Waals surface area contributed by atoms with E-state index in [1.54, 1.807) is 13.0 Å². The monoisotopic (exact) mass is 262 g/mol. The molecule has 0 radical (unpaired) electrons. The van der Waals surface area contributed by atoms with E-state index in [-0.39, 0.29) is 18.3 Å². The van der Waals surface area contributed by atoms with Crippen molar-refractivity contribution in [2.24, 2.45) is 0 Å². The van der Waals surface area contributed by atoms with Gasteiger partial charge in [0.2, 0.25) is 0 Å². The Hall–Kier alpha value is -1.88. The van der Waals surface area contributed by atoms with E-state index in [4.69, 9.17) is 9.15 Å². The zero-order valence-corrected chi connectivity index (χ0v) is 10.5. The summed E-state index contributed by atoms with van der Waals surface area (Å²) in [4.78, 5) is 24.5. The molecule has 3 rings (SSSR count). The number of hydrogen-bond donors (Lipinski definition) is 0. The summed E-state index contributed by atoms with van der Waals surface area (Å²) in [5.41, 5.74) is 0.0264. The van der Waals surface area contributed by atoms with Gasteiger partial charge in [0.15, 0.2) is 0 Å². The SMILES string of the molecule is Cc1cc2c(c(=O)o1)[C@H](c1cccs1)CC(=O)O2. The topological polar surface area (TPSA) is 56.5 Å². The van der Waals surface area contributed by atoms with E-state index in [1.807, 2.05) is 17.5 Å². The maximum atomic E-state index is 11.9. The van der Waals surface area contributed by atoms with Gasteiger partial charge in [0.25, 0.3) is 0 Å². The summed E-state index contributed by atoms with van der Waals surface area (Å²) in [5, 5.41) is 1.92. The third kappa shape index (κ3) is 1.76. The molecule has 1 aliphatic heterocycles. The number of hydrogen-bond acceptors (Lipinski definition) is 5. The summed E-state index contributed by atoms with van der Waals surface area (Å²) in [6.45, 7) is 1.66. The maximum Gasteiger partial charge on any atom is 0.343 e. The predicted octanol–water partition coefficient (Wildman–Crippen LogP) is 2.45. The summed E-state index contributed by atoms with van der Waals surface area (Å²) in [6.07, 6.45) is 0.182. The van der Waals surface area contributed by atoms with Gasteiger partial charge >= 0.3 is 11.6 Å². The van der Waals surface area contributed by atoms with Gasteiger partial charge in [-0.15, -0.1) is 11.3 Å². The van der Waals surface area contributed by atoms with Crippen molar-refractivity contribution in [2.45, 2.75) is 19.3 Å². The first-order valence-electron chi connectivity index (χ1n) is 5.54. The second-order valence-corrected chi connectivity index (χ2v) is 5.15. The molecule has 0 saturated carbocycles. The largest absolute Gasteiger partial charge is 0.428 e. The van der Waals surface area contributed by atoms with E-state index in [0.29, 0.717) is 17.1 Å². The zero-order chi connectivity index (χ0) is 12.7. The Morgan fingerprint density at radius 2 is 2.22 bits per heavy atom. The lowest BCUT2D eigenvalue weighted by Crippen LogP contribution is -2.26. The van der Waals surface area contributed by atoms with Crippen molar-refractivity contribution in [2.75, 3.05) is 0 Å². The fourth-order valence-corrected chi connectivity index (χ4v) is 2.99. The molecule has 4 nitrogen and oxygen atoms in total. The van der Waals surface area contributed by atoms with Gasteiger partial charge in [0.05, 0.1) is 12.0 Å². The third-order valence-corrected chi connectivity index (χ3v) is 3.89. The Labute approximate surface area is 107 Å². The van der Waals surface area contributed by atoms with Crippen LogP contribution in [0.15, 0.2) is 32.8 Å². The van der Waals surface area contributed by atoms with Gasteiger partial charge in [0, 0.05) is 16.9 Å². The maximum absolute atomic E-state index is 11.9. The molecule has 18 heavy (non-hydrogen) atoms. The second kappa shape index (κ2) is 4.10. The van der Waals surface area contributed by atoms with Gasteiger partial charge in [-0.1, -0.05) is 6.07 Å². The predicted molar refractivity (Wildman–Crippen MR) is 66.1 cm³/mol. The molecule has 3 heterocycles. The van der Waals surface area contributed by atoms with Crippen LogP contribution >= 0.6 is 11.3 Å². The first-order chi connectivity index (χ1) is 8.65. The fourth-order valence-electron chi connectivity index (χ4n) is 2.16. The summed E-state index contributed by atoms with van der Waals surface area (Å²) in [6, 6.07) is 5.40. The molecule has 2 aromatic rings. The average molecular weight is 262 g/mol. The molecule has 5 heteroatoms. The molecule has 0 amide bonds. The molecular formula is C13H10O4S. The van der Waals surface area contributed by atoms with Crippen molar-refractivity contribution in [3.63, 3.8) is 0 Å². The molecule has 92 valence electrons. The van der Waals surface area contributed by atoms with Crippen LogP contribution in [0.5, 0.6) is 5.75 Å². The molecule has 2 aromatic heterocycles. The fraction of sp³-hybridized carbons (Fsp3) is 0.231. The minimum Gasteiger partial charge on any atom is -0.428 e. The molecule has 0 unspecified atom stereocenters. The van der Waals surface area contributed by atoms with Crippen LogP contribution in [0.2, 0.25) is 0 Å². The highest BCUT2D eigenvalue weighted by atomic mass is 32.1. The van der Waals surface area contributed by atoms with Crippen LogP contribution in [0.25, 0.3) is 0 Å². The summed E-state index contributed by atoms with van der Waals surface area (Å²) in [7, 11) is 0. The highest BCUT2D eigenvalue weighted by Crippen LogP contribution is 2.38. The minimum absolute atomic E-state index is 0.182. The number of esters is 1. The summed E-state index contributed by atoms with van der Waals surface area (Å²) in [5.74, 6) is 0.209. The van der Waals surface area contributed by atoms with Gasteiger partial charge in [-0.25, -0.2) is 4.79 Å². The Kier molecular flexibility index (Phi) is 2.56. The standard InChI is InChI=1S/C13H10O4S/c1-7-5-9-12(13(15)16-7)8(6-11(14)17-9)10-3-2-4-18-10/h2-5,8H,6H2,1H3/t8-/m0/s1. The molecular weight excluding hydrogens is 252 g/mol. The normalized spacial score (nSPS) is 18.3. The molecule has 0 saturated heterocycles. The van der Waals surface area contributed by atoms with Crippen molar-refractivity contribution in [1.29, 1.82) is 0 Å². The van der Waals surface area contributed by atoms with Crippen molar-refractivity contribution in [1.82, 2.24) is 0 Å². The van der Waals surface area contributed by atoms with Gasteiger partial charge in [-0.05, 0) is 18.4 Å². The van der Waals surface area contributed by atoms with Crippen LogP contribution in [0.3, 0.4) is 0 Å². The van der Waals surface area contributed by atoms with E-state index in [2.05, 4.69) is 0 Å². The average Bonchev–Trinajstić information content (AvgIpc) is 2.79. The van der Waals surface area contributed by atoms with Crippen molar-refractivity contribution in [3.05, 3.63) is 50.2 Å². The van der Waals surface area contributed by atoms with Crippen molar-refractivity contribution < 1.29 is 13.9 Å². The van der Waals surface area contributed by atoms with Crippen LogP contribution in [0.4, 0.5) is 0 Å². The van der Waals surface area contributed by atoms with Crippen LogP contribution in [0, 0.1) is 6.92 Å². The lowest BCUT2D eigenvalue weighted by Gasteiger charge is -2.22. The van der Waals surface area contributed by atoms with Crippen LogP contribution < -0.4 is 10.4 Å².